The van der Waals surface area contributed by atoms with Gasteiger partial charge in [-0.05, 0) is 37.5 Å². The van der Waals surface area contributed by atoms with Crippen molar-refractivity contribution in [2.75, 3.05) is 5.32 Å². The summed E-state index contributed by atoms with van der Waals surface area (Å²) in [6.07, 6.45) is 4.06. The van der Waals surface area contributed by atoms with Crippen LogP contribution in [0, 0.1) is 0 Å². The lowest BCUT2D eigenvalue weighted by Gasteiger charge is -2.14. The normalized spacial score (nSPS) is 12.1. The van der Waals surface area contributed by atoms with Gasteiger partial charge in [0.15, 0.2) is 0 Å². The van der Waals surface area contributed by atoms with Crippen LogP contribution < -0.4 is 5.32 Å². The fraction of sp³-hybridized carbons (Fsp3) is 0.385. The minimum absolute atomic E-state index is 0.103. The molecule has 0 spiro atoms. The third-order valence-corrected chi connectivity index (χ3v) is 2.35. The zero-order valence-corrected chi connectivity index (χ0v) is 9.24. The molecule has 0 aromatic heterocycles. The molecule has 82 valence electrons. The summed E-state index contributed by atoms with van der Waals surface area (Å²) in [5.74, 6) is 0. The highest BCUT2D eigenvalue weighted by atomic mass is 16.3. The molecule has 0 radical (unpaired) electrons. The highest BCUT2D eigenvalue weighted by Gasteiger charge is 2.00. The van der Waals surface area contributed by atoms with E-state index in [0.717, 1.165) is 24.1 Å². The second-order valence-electron chi connectivity index (χ2n) is 3.77. The highest BCUT2D eigenvalue weighted by molar-refractivity contribution is 5.45. The van der Waals surface area contributed by atoms with Crippen molar-refractivity contribution in [2.24, 2.45) is 0 Å². The fourth-order valence-corrected chi connectivity index (χ4v) is 1.43. The lowest BCUT2D eigenvalue weighted by atomic mass is 10.1. The van der Waals surface area contributed by atoms with Crippen LogP contribution in [0.15, 0.2) is 36.9 Å². The summed E-state index contributed by atoms with van der Waals surface area (Å²) in [6, 6.07) is 8.31. The summed E-state index contributed by atoms with van der Waals surface area (Å²) in [6.45, 7) is 5.97. The molecule has 0 saturated heterocycles. The van der Waals surface area contributed by atoms with E-state index in [4.69, 9.17) is 5.11 Å². The van der Waals surface area contributed by atoms with Gasteiger partial charge in [0.05, 0.1) is 6.61 Å². The molecule has 0 bridgehead atoms. The maximum absolute atomic E-state index is 8.90. The van der Waals surface area contributed by atoms with Gasteiger partial charge in [-0.3, -0.25) is 0 Å². The van der Waals surface area contributed by atoms with Crippen molar-refractivity contribution in [1.82, 2.24) is 0 Å². The Labute approximate surface area is 91.6 Å². The number of hydrogen-bond donors (Lipinski definition) is 2. The van der Waals surface area contributed by atoms with Gasteiger partial charge in [0, 0.05) is 11.7 Å². The largest absolute Gasteiger partial charge is 0.392 e. The van der Waals surface area contributed by atoms with Gasteiger partial charge in [0.1, 0.15) is 0 Å². The average molecular weight is 205 g/mol. The summed E-state index contributed by atoms with van der Waals surface area (Å²) in [4.78, 5) is 0. The van der Waals surface area contributed by atoms with Gasteiger partial charge in [-0.2, -0.15) is 0 Å². The lowest BCUT2D eigenvalue weighted by Crippen LogP contribution is -2.14. The minimum Gasteiger partial charge on any atom is -0.392 e. The summed E-state index contributed by atoms with van der Waals surface area (Å²) >= 11 is 0. The van der Waals surface area contributed by atoms with Gasteiger partial charge in [-0.25, -0.2) is 0 Å². The Bertz CT molecular complexity index is 292. The van der Waals surface area contributed by atoms with E-state index in [1.807, 2.05) is 30.3 Å². The van der Waals surface area contributed by atoms with Gasteiger partial charge in [-0.15, -0.1) is 6.58 Å². The van der Waals surface area contributed by atoms with E-state index in [-0.39, 0.29) is 6.61 Å². The molecule has 1 unspecified atom stereocenters. The Balaban J connectivity index is 2.45. The molecule has 15 heavy (non-hydrogen) atoms. The minimum atomic E-state index is 0.103. The van der Waals surface area contributed by atoms with Crippen LogP contribution in [0.25, 0.3) is 0 Å². The van der Waals surface area contributed by atoms with Crippen LogP contribution in [-0.4, -0.2) is 11.1 Å². The molecule has 2 N–H and O–H groups in total. The van der Waals surface area contributed by atoms with E-state index in [9.17, 15) is 0 Å². The number of nitrogens with one attached hydrogen (secondary N) is 1. The van der Waals surface area contributed by atoms with Crippen molar-refractivity contribution >= 4 is 5.69 Å². The van der Waals surface area contributed by atoms with Gasteiger partial charge in [0.2, 0.25) is 0 Å². The molecule has 0 saturated carbocycles. The molecule has 0 aliphatic carbocycles. The molecule has 2 heteroatoms. The third kappa shape index (κ3) is 4.17. The maximum Gasteiger partial charge on any atom is 0.0681 e. The standard InChI is InChI=1S/C13H19NO/c1-3-4-5-11(2)14-13-8-6-12(10-15)7-9-13/h3,6-9,11,14-15H,1,4-5,10H2,2H3. The predicted molar refractivity (Wildman–Crippen MR) is 64.9 cm³/mol. The molecule has 1 aromatic rings. The number of benzene rings is 1. The predicted octanol–water partition coefficient (Wildman–Crippen LogP) is 2.95. The van der Waals surface area contributed by atoms with Crippen LogP contribution in [-0.2, 0) is 6.61 Å². The van der Waals surface area contributed by atoms with Crippen LogP contribution in [0.5, 0.6) is 0 Å². The van der Waals surface area contributed by atoms with Gasteiger partial charge in [0.25, 0.3) is 0 Å². The first kappa shape index (κ1) is 11.8. The Hall–Kier alpha value is -1.28. The second-order valence-corrected chi connectivity index (χ2v) is 3.77. The average Bonchev–Trinajstić information content (AvgIpc) is 2.27. The molecule has 0 amide bonds. The van der Waals surface area contributed by atoms with Gasteiger partial charge >= 0.3 is 0 Å². The SMILES string of the molecule is C=CCCC(C)Nc1ccc(CO)cc1. The van der Waals surface area contributed by atoms with E-state index < -0.39 is 0 Å². The number of aliphatic hydroxyl groups excluding tert-OH is 1. The number of allylic oxidation sites excluding steroid dienone is 1. The zero-order valence-electron chi connectivity index (χ0n) is 9.24. The topological polar surface area (TPSA) is 32.3 Å². The molecule has 0 aliphatic rings. The van der Waals surface area contributed by atoms with Crippen molar-refractivity contribution in [3.05, 3.63) is 42.5 Å². The van der Waals surface area contributed by atoms with E-state index in [1.54, 1.807) is 0 Å². The number of anilines is 1. The number of aliphatic hydroxyl groups is 1. The number of hydrogen-bond acceptors (Lipinski definition) is 2. The van der Waals surface area contributed by atoms with E-state index >= 15 is 0 Å². The quantitative estimate of drug-likeness (QED) is 0.700. The first-order valence-corrected chi connectivity index (χ1v) is 5.33. The molecular weight excluding hydrogens is 186 g/mol. The Morgan fingerprint density at radius 1 is 1.40 bits per heavy atom. The van der Waals surface area contributed by atoms with Crippen LogP contribution in [0.4, 0.5) is 5.69 Å². The van der Waals surface area contributed by atoms with Crippen molar-refractivity contribution in [1.29, 1.82) is 0 Å². The molecule has 1 rings (SSSR count). The van der Waals surface area contributed by atoms with Crippen LogP contribution >= 0.6 is 0 Å². The molecular formula is C13H19NO. The van der Waals surface area contributed by atoms with Crippen molar-refractivity contribution in [2.45, 2.75) is 32.4 Å². The smallest absolute Gasteiger partial charge is 0.0681 e. The van der Waals surface area contributed by atoms with E-state index in [2.05, 4.69) is 18.8 Å². The molecule has 1 atom stereocenters. The second kappa shape index (κ2) is 6.25. The summed E-state index contributed by atoms with van der Waals surface area (Å²) < 4.78 is 0. The van der Waals surface area contributed by atoms with E-state index in [0.29, 0.717) is 6.04 Å². The maximum atomic E-state index is 8.90. The van der Waals surface area contributed by atoms with Gasteiger partial charge < -0.3 is 10.4 Å². The van der Waals surface area contributed by atoms with Crippen molar-refractivity contribution in [3.63, 3.8) is 0 Å². The lowest BCUT2D eigenvalue weighted by molar-refractivity contribution is 0.282. The molecule has 0 fully saturated rings. The van der Waals surface area contributed by atoms with Crippen LogP contribution in [0.1, 0.15) is 25.3 Å². The first-order valence-electron chi connectivity index (χ1n) is 5.33. The molecule has 0 aliphatic heterocycles. The van der Waals surface area contributed by atoms with Gasteiger partial charge in [-0.1, -0.05) is 18.2 Å². The first-order chi connectivity index (χ1) is 7.26. The Morgan fingerprint density at radius 3 is 2.60 bits per heavy atom. The van der Waals surface area contributed by atoms with Crippen LogP contribution in [0.3, 0.4) is 0 Å². The van der Waals surface area contributed by atoms with Crippen molar-refractivity contribution < 1.29 is 5.11 Å². The summed E-state index contributed by atoms with van der Waals surface area (Å²) in [5, 5.41) is 12.3. The Kier molecular flexibility index (Phi) is 4.91. The fourth-order valence-electron chi connectivity index (χ4n) is 1.43. The highest BCUT2D eigenvalue weighted by Crippen LogP contribution is 2.12. The van der Waals surface area contributed by atoms with E-state index in [1.165, 1.54) is 0 Å². The molecule has 1 aromatic carbocycles. The Morgan fingerprint density at radius 2 is 2.07 bits per heavy atom. The summed E-state index contributed by atoms with van der Waals surface area (Å²) in [7, 11) is 0. The zero-order chi connectivity index (χ0) is 11.1. The van der Waals surface area contributed by atoms with Crippen molar-refractivity contribution in [3.8, 4) is 0 Å². The monoisotopic (exact) mass is 205 g/mol. The third-order valence-electron chi connectivity index (χ3n) is 2.35. The molecule has 2 nitrogen and oxygen atoms in total. The van der Waals surface area contributed by atoms with Crippen LogP contribution in [0.2, 0.25) is 0 Å². The number of rotatable bonds is 6. The molecule has 0 heterocycles. The summed E-state index contributed by atoms with van der Waals surface area (Å²) in [5.41, 5.74) is 2.04.